The van der Waals surface area contributed by atoms with Crippen LogP contribution in [0.4, 0.5) is 13.2 Å². The molecule has 0 spiro atoms. The van der Waals surface area contributed by atoms with Crippen molar-refractivity contribution in [2.24, 2.45) is 23.2 Å². The standard InChI is InChI=1S/C31H33F3O4/c1-29(2)22-16-24(29)30(3,37-18-21-14-9-13-19-10-7-8-15-23(19)21)25(17-22)38-28(36)26(31(32,33)34)27(35)20-11-5-4-6-12-20/h4-15,22,24-27,35H,16-18H2,1-3H3/t22-,24-,25+,26+,27+,30-/m1/s1. The highest BCUT2D eigenvalue weighted by Gasteiger charge is 2.66. The Balaban J connectivity index is 1.41. The van der Waals surface area contributed by atoms with Gasteiger partial charge in [-0.2, -0.15) is 13.2 Å². The van der Waals surface area contributed by atoms with Crippen molar-refractivity contribution in [1.29, 1.82) is 0 Å². The molecule has 4 nitrogen and oxygen atoms in total. The number of alkyl halides is 3. The molecule has 3 aliphatic carbocycles. The summed E-state index contributed by atoms with van der Waals surface area (Å²) < 4.78 is 54.5. The number of esters is 1. The van der Waals surface area contributed by atoms with Crippen LogP contribution in [0, 0.1) is 23.2 Å². The molecule has 3 saturated carbocycles. The number of benzene rings is 3. The van der Waals surface area contributed by atoms with E-state index in [9.17, 15) is 23.1 Å². The maximum absolute atomic E-state index is 14.1. The third-order valence-electron chi connectivity index (χ3n) is 9.04. The second-order valence-corrected chi connectivity index (χ2v) is 11.5. The average Bonchev–Trinajstić information content (AvgIpc) is 2.88. The Morgan fingerprint density at radius 1 is 0.974 bits per heavy atom. The van der Waals surface area contributed by atoms with Crippen LogP contribution in [-0.4, -0.2) is 29.0 Å². The van der Waals surface area contributed by atoms with Crippen molar-refractivity contribution in [1.82, 2.24) is 0 Å². The van der Waals surface area contributed by atoms with E-state index in [0.29, 0.717) is 6.42 Å². The molecule has 3 fully saturated rings. The molecule has 0 amide bonds. The van der Waals surface area contributed by atoms with Gasteiger partial charge < -0.3 is 14.6 Å². The van der Waals surface area contributed by atoms with Crippen molar-refractivity contribution in [3.8, 4) is 0 Å². The number of halogens is 3. The van der Waals surface area contributed by atoms with Crippen LogP contribution in [0.5, 0.6) is 0 Å². The number of aliphatic hydroxyl groups is 1. The fourth-order valence-electron chi connectivity index (χ4n) is 6.61. The van der Waals surface area contributed by atoms with Crippen molar-refractivity contribution in [2.75, 3.05) is 0 Å². The minimum Gasteiger partial charge on any atom is -0.459 e. The Morgan fingerprint density at radius 2 is 1.63 bits per heavy atom. The first-order valence-corrected chi connectivity index (χ1v) is 13.0. The number of ether oxygens (including phenoxy) is 2. The number of carbonyl (C=O) groups excluding carboxylic acids is 1. The molecule has 0 aliphatic heterocycles. The number of carbonyl (C=O) groups is 1. The number of rotatable bonds is 7. The molecule has 7 heteroatoms. The zero-order chi connectivity index (χ0) is 27.3. The summed E-state index contributed by atoms with van der Waals surface area (Å²) in [6.07, 6.45) is -6.64. The van der Waals surface area contributed by atoms with E-state index in [4.69, 9.17) is 9.47 Å². The SMILES string of the molecule is CC1(C)[C@H]2C[C@H](OC(=O)[C@H]([C@@H](O)c3ccccc3)C(F)(F)F)[C@](C)(OCc3cccc4ccccc34)[C@@H]1C2. The predicted octanol–water partition coefficient (Wildman–Crippen LogP) is 7.01. The first-order chi connectivity index (χ1) is 17.9. The lowest BCUT2D eigenvalue weighted by atomic mass is 9.43. The summed E-state index contributed by atoms with van der Waals surface area (Å²) in [6, 6.07) is 21.3. The minimum atomic E-state index is -4.98. The van der Waals surface area contributed by atoms with Crippen LogP contribution >= 0.6 is 0 Å². The molecule has 1 N–H and O–H groups in total. The smallest absolute Gasteiger partial charge is 0.405 e. The molecule has 6 atom stereocenters. The van der Waals surface area contributed by atoms with Gasteiger partial charge in [0.25, 0.3) is 0 Å². The van der Waals surface area contributed by atoms with Crippen LogP contribution in [0.3, 0.4) is 0 Å². The lowest BCUT2D eigenvalue weighted by Gasteiger charge is -2.65. The molecule has 3 aliphatic rings. The van der Waals surface area contributed by atoms with Gasteiger partial charge in [0.15, 0.2) is 5.92 Å². The van der Waals surface area contributed by atoms with Gasteiger partial charge in [-0.1, -0.05) is 86.6 Å². The van der Waals surface area contributed by atoms with Gasteiger partial charge in [-0.05, 0) is 58.9 Å². The number of hydrogen-bond donors (Lipinski definition) is 1. The van der Waals surface area contributed by atoms with Crippen LogP contribution in [-0.2, 0) is 20.9 Å². The first kappa shape index (κ1) is 26.7. The van der Waals surface area contributed by atoms with E-state index in [2.05, 4.69) is 13.8 Å². The third kappa shape index (κ3) is 4.60. The molecule has 0 saturated heterocycles. The molecule has 38 heavy (non-hydrogen) atoms. The Kier molecular flexibility index (Phi) is 6.81. The Hall–Kier alpha value is -2.90. The van der Waals surface area contributed by atoms with Crippen molar-refractivity contribution in [2.45, 2.75) is 64.2 Å². The maximum Gasteiger partial charge on any atom is 0.405 e. The van der Waals surface area contributed by atoms with Gasteiger partial charge in [-0.15, -0.1) is 0 Å². The van der Waals surface area contributed by atoms with Crippen molar-refractivity contribution in [3.63, 3.8) is 0 Å². The lowest BCUT2D eigenvalue weighted by molar-refractivity contribution is -0.281. The zero-order valence-corrected chi connectivity index (χ0v) is 21.7. The molecule has 202 valence electrons. The summed E-state index contributed by atoms with van der Waals surface area (Å²) in [4.78, 5) is 13.1. The van der Waals surface area contributed by atoms with Gasteiger partial charge in [0.1, 0.15) is 17.8 Å². The van der Waals surface area contributed by atoms with E-state index >= 15 is 0 Å². The van der Waals surface area contributed by atoms with Gasteiger partial charge in [0.2, 0.25) is 0 Å². The fourth-order valence-corrected chi connectivity index (χ4v) is 6.61. The lowest BCUT2D eigenvalue weighted by Crippen LogP contribution is -2.68. The molecule has 0 aromatic heterocycles. The number of fused-ring (bicyclic) bond motifs is 3. The summed E-state index contributed by atoms with van der Waals surface area (Å²) in [5.41, 5.74) is -0.113. The van der Waals surface area contributed by atoms with Crippen LogP contribution in [0.2, 0.25) is 0 Å². The van der Waals surface area contributed by atoms with Crippen LogP contribution in [0.15, 0.2) is 72.8 Å². The van der Waals surface area contributed by atoms with Crippen molar-refractivity contribution >= 4 is 16.7 Å². The summed E-state index contributed by atoms with van der Waals surface area (Å²) >= 11 is 0. The Morgan fingerprint density at radius 3 is 2.32 bits per heavy atom. The molecule has 0 heterocycles. The van der Waals surface area contributed by atoms with E-state index < -0.39 is 35.9 Å². The predicted molar refractivity (Wildman–Crippen MR) is 138 cm³/mol. The summed E-state index contributed by atoms with van der Waals surface area (Å²) in [5, 5.41) is 12.7. The van der Waals surface area contributed by atoms with Gasteiger partial charge in [-0.25, -0.2) is 0 Å². The van der Waals surface area contributed by atoms with Crippen LogP contribution in [0.25, 0.3) is 10.8 Å². The van der Waals surface area contributed by atoms with E-state index in [0.717, 1.165) is 22.8 Å². The van der Waals surface area contributed by atoms with Crippen LogP contribution in [0.1, 0.15) is 50.8 Å². The first-order valence-electron chi connectivity index (χ1n) is 13.0. The minimum absolute atomic E-state index is 0.00455. The topological polar surface area (TPSA) is 55.8 Å². The summed E-state index contributed by atoms with van der Waals surface area (Å²) in [6.45, 7) is 6.37. The molecule has 6 rings (SSSR count). The average molecular weight is 527 g/mol. The van der Waals surface area contributed by atoms with Gasteiger partial charge in [0.05, 0.1) is 6.61 Å². The second kappa shape index (κ2) is 9.69. The van der Waals surface area contributed by atoms with E-state index in [1.807, 2.05) is 49.4 Å². The van der Waals surface area contributed by atoms with E-state index in [1.165, 1.54) is 24.3 Å². The van der Waals surface area contributed by atoms with Crippen LogP contribution < -0.4 is 0 Å². The number of aliphatic hydroxyl groups excluding tert-OH is 1. The molecule has 3 aromatic carbocycles. The third-order valence-corrected chi connectivity index (χ3v) is 9.04. The fraction of sp³-hybridized carbons (Fsp3) is 0.452. The van der Waals surface area contributed by atoms with E-state index in [1.54, 1.807) is 6.07 Å². The molecule has 2 bridgehead atoms. The monoisotopic (exact) mass is 526 g/mol. The quantitative estimate of drug-likeness (QED) is 0.337. The Labute approximate surface area is 220 Å². The highest BCUT2D eigenvalue weighted by atomic mass is 19.4. The van der Waals surface area contributed by atoms with Crippen molar-refractivity contribution < 1.29 is 32.5 Å². The van der Waals surface area contributed by atoms with Crippen molar-refractivity contribution in [3.05, 3.63) is 83.9 Å². The van der Waals surface area contributed by atoms with E-state index in [-0.39, 0.29) is 29.4 Å². The number of hydrogen-bond acceptors (Lipinski definition) is 4. The normalized spacial score (nSPS) is 27.8. The Bertz CT molecular complexity index is 1300. The summed E-state index contributed by atoms with van der Waals surface area (Å²) in [7, 11) is 0. The van der Waals surface area contributed by atoms with Gasteiger partial charge >= 0.3 is 12.1 Å². The highest BCUT2D eigenvalue weighted by Crippen LogP contribution is 2.64. The molecular weight excluding hydrogens is 493 g/mol. The largest absolute Gasteiger partial charge is 0.459 e. The molecule has 3 aromatic rings. The molecule has 0 unspecified atom stereocenters. The zero-order valence-electron chi connectivity index (χ0n) is 21.7. The molecular formula is C31H33F3O4. The second-order valence-electron chi connectivity index (χ2n) is 11.5. The van der Waals surface area contributed by atoms with Gasteiger partial charge in [-0.3, -0.25) is 4.79 Å². The maximum atomic E-state index is 14.1. The van der Waals surface area contributed by atoms with Gasteiger partial charge in [0, 0.05) is 0 Å². The summed E-state index contributed by atoms with van der Waals surface area (Å²) in [5.74, 6) is -3.95. The molecule has 0 radical (unpaired) electrons. The highest BCUT2D eigenvalue weighted by molar-refractivity contribution is 5.85.